The predicted octanol–water partition coefficient (Wildman–Crippen LogP) is 1.94. The topological polar surface area (TPSA) is 90.4 Å². The molecule has 0 saturated carbocycles. The van der Waals surface area contributed by atoms with Crippen molar-refractivity contribution in [3.05, 3.63) is 36.2 Å². The molecule has 0 fully saturated rings. The van der Waals surface area contributed by atoms with Gasteiger partial charge in [0.05, 0.1) is 30.3 Å². The summed E-state index contributed by atoms with van der Waals surface area (Å²) >= 11 is 0. The van der Waals surface area contributed by atoms with E-state index in [1.165, 1.54) is 6.07 Å². The molecule has 2 aromatic rings. The molecule has 19 heavy (non-hydrogen) atoms. The summed E-state index contributed by atoms with van der Waals surface area (Å²) in [5, 5.41) is 13.2. The van der Waals surface area contributed by atoms with E-state index < -0.39 is 5.97 Å². The summed E-state index contributed by atoms with van der Waals surface area (Å²) in [5.74, 6) is -0.412. The standard InChI is InChI=1S/C13H15N3O3/c1-2-5-19-10-7-15-16(8-10)9-3-4-12(14)11(6-9)13(17)18/h3-4,6-8H,2,5,14H2,1H3,(H,17,18). The SMILES string of the molecule is CCCOc1cnn(-c2ccc(N)c(C(=O)O)c2)c1. The van der Waals surface area contributed by atoms with Crippen LogP contribution in [0.5, 0.6) is 5.75 Å². The summed E-state index contributed by atoms with van der Waals surface area (Å²) < 4.78 is 6.99. The molecule has 0 bridgehead atoms. The Kier molecular flexibility index (Phi) is 3.70. The molecule has 1 heterocycles. The lowest BCUT2D eigenvalue weighted by Crippen LogP contribution is -2.04. The molecule has 3 N–H and O–H groups in total. The van der Waals surface area contributed by atoms with Gasteiger partial charge < -0.3 is 15.6 Å². The van der Waals surface area contributed by atoms with Crippen molar-refractivity contribution < 1.29 is 14.6 Å². The van der Waals surface area contributed by atoms with Crippen LogP contribution >= 0.6 is 0 Å². The Labute approximate surface area is 110 Å². The molecule has 100 valence electrons. The first-order valence-electron chi connectivity index (χ1n) is 5.92. The Hall–Kier alpha value is -2.50. The van der Waals surface area contributed by atoms with E-state index in [4.69, 9.17) is 15.6 Å². The van der Waals surface area contributed by atoms with Crippen LogP contribution in [-0.4, -0.2) is 27.5 Å². The van der Waals surface area contributed by atoms with E-state index in [-0.39, 0.29) is 11.3 Å². The van der Waals surface area contributed by atoms with Gasteiger partial charge in [0.25, 0.3) is 0 Å². The first-order chi connectivity index (χ1) is 9.11. The number of ether oxygens (including phenoxy) is 1. The Balaban J connectivity index is 2.29. The van der Waals surface area contributed by atoms with Gasteiger partial charge in [0.15, 0.2) is 5.75 Å². The second kappa shape index (κ2) is 5.43. The maximum atomic E-state index is 11.0. The predicted molar refractivity (Wildman–Crippen MR) is 70.7 cm³/mol. The van der Waals surface area contributed by atoms with Gasteiger partial charge >= 0.3 is 5.97 Å². The van der Waals surface area contributed by atoms with E-state index in [9.17, 15) is 4.79 Å². The molecular formula is C13H15N3O3. The van der Waals surface area contributed by atoms with Gasteiger partial charge in [-0.3, -0.25) is 0 Å². The van der Waals surface area contributed by atoms with E-state index in [1.54, 1.807) is 29.2 Å². The highest BCUT2D eigenvalue weighted by Gasteiger charge is 2.10. The van der Waals surface area contributed by atoms with Crippen molar-refractivity contribution in [1.29, 1.82) is 0 Å². The van der Waals surface area contributed by atoms with Crippen LogP contribution in [0.4, 0.5) is 5.69 Å². The molecule has 1 aromatic heterocycles. The van der Waals surface area contributed by atoms with Gasteiger partial charge in [0.2, 0.25) is 0 Å². The Morgan fingerprint density at radius 3 is 3.00 bits per heavy atom. The van der Waals surface area contributed by atoms with Crippen LogP contribution in [0.3, 0.4) is 0 Å². The first-order valence-corrected chi connectivity index (χ1v) is 5.92. The second-order valence-corrected chi connectivity index (χ2v) is 4.05. The van der Waals surface area contributed by atoms with Crippen LogP contribution in [-0.2, 0) is 0 Å². The van der Waals surface area contributed by atoms with Crippen LogP contribution in [0.1, 0.15) is 23.7 Å². The van der Waals surface area contributed by atoms with Gasteiger partial charge in [-0.1, -0.05) is 6.92 Å². The number of hydrogen-bond donors (Lipinski definition) is 2. The van der Waals surface area contributed by atoms with Gasteiger partial charge in [0.1, 0.15) is 0 Å². The molecule has 2 rings (SSSR count). The minimum Gasteiger partial charge on any atom is -0.490 e. The summed E-state index contributed by atoms with van der Waals surface area (Å²) in [6.45, 7) is 2.64. The van der Waals surface area contributed by atoms with Crippen molar-refractivity contribution in [3.63, 3.8) is 0 Å². The van der Waals surface area contributed by atoms with E-state index >= 15 is 0 Å². The highest BCUT2D eigenvalue weighted by Crippen LogP contribution is 2.19. The maximum absolute atomic E-state index is 11.0. The zero-order chi connectivity index (χ0) is 13.8. The number of hydrogen-bond acceptors (Lipinski definition) is 4. The van der Waals surface area contributed by atoms with E-state index in [0.29, 0.717) is 18.0 Å². The fraction of sp³-hybridized carbons (Fsp3) is 0.231. The van der Waals surface area contributed by atoms with Crippen LogP contribution in [0.25, 0.3) is 5.69 Å². The third-order valence-electron chi connectivity index (χ3n) is 2.56. The van der Waals surface area contributed by atoms with Crippen LogP contribution in [0, 0.1) is 0 Å². The first kappa shape index (κ1) is 12.9. The molecule has 0 atom stereocenters. The molecule has 0 aliphatic rings. The smallest absolute Gasteiger partial charge is 0.337 e. The molecule has 6 heteroatoms. The van der Waals surface area contributed by atoms with Crippen molar-refractivity contribution in [1.82, 2.24) is 9.78 Å². The number of nitrogens with zero attached hydrogens (tertiary/aromatic N) is 2. The van der Waals surface area contributed by atoms with E-state index in [1.807, 2.05) is 6.92 Å². The number of rotatable bonds is 5. The zero-order valence-electron chi connectivity index (χ0n) is 10.5. The van der Waals surface area contributed by atoms with Gasteiger partial charge in [0, 0.05) is 5.69 Å². The zero-order valence-corrected chi connectivity index (χ0v) is 10.5. The number of nitrogen functional groups attached to an aromatic ring is 1. The van der Waals surface area contributed by atoms with Gasteiger partial charge in [-0.2, -0.15) is 5.10 Å². The Morgan fingerprint density at radius 2 is 2.32 bits per heavy atom. The fourth-order valence-corrected chi connectivity index (χ4v) is 1.61. The number of aromatic nitrogens is 2. The molecule has 0 aliphatic carbocycles. The average molecular weight is 261 g/mol. The number of anilines is 1. The van der Waals surface area contributed by atoms with Crippen molar-refractivity contribution in [2.45, 2.75) is 13.3 Å². The number of carbonyl (C=O) groups is 1. The molecular weight excluding hydrogens is 246 g/mol. The molecule has 0 radical (unpaired) electrons. The minimum absolute atomic E-state index is 0.0593. The highest BCUT2D eigenvalue weighted by atomic mass is 16.5. The van der Waals surface area contributed by atoms with Crippen molar-refractivity contribution in [2.24, 2.45) is 0 Å². The lowest BCUT2D eigenvalue weighted by molar-refractivity contribution is 0.0698. The highest BCUT2D eigenvalue weighted by molar-refractivity contribution is 5.94. The summed E-state index contributed by atoms with van der Waals surface area (Å²) in [6.07, 6.45) is 4.20. The van der Waals surface area contributed by atoms with Crippen LogP contribution < -0.4 is 10.5 Å². The summed E-state index contributed by atoms with van der Waals surface area (Å²) in [6, 6.07) is 4.74. The molecule has 0 unspecified atom stereocenters. The number of carboxylic acid groups (broad SMARTS) is 1. The Morgan fingerprint density at radius 1 is 1.53 bits per heavy atom. The van der Waals surface area contributed by atoms with Gasteiger partial charge in [-0.25, -0.2) is 9.48 Å². The molecule has 1 aromatic carbocycles. The summed E-state index contributed by atoms with van der Waals surface area (Å²) in [4.78, 5) is 11.0. The average Bonchev–Trinajstić information content (AvgIpc) is 2.85. The number of carboxylic acids is 1. The van der Waals surface area contributed by atoms with Crippen LogP contribution in [0.2, 0.25) is 0 Å². The van der Waals surface area contributed by atoms with E-state index in [0.717, 1.165) is 6.42 Å². The molecule has 0 spiro atoms. The third-order valence-corrected chi connectivity index (χ3v) is 2.56. The maximum Gasteiger partial charge on any atom is 0.337 e. The number of benzene rings is 1. The minimum atomic E-state index is -1.06. The number of nitrogens with two attached hydrogens (primary N) is 1. The monoisotopic (exact) mass is 261 g/mol. The van der Waals surface area contributed by atoms with E-state index in [2.05, 4.69) is 5.10 Å². The van der Waals surface area contributed by atoms with Gasteiger partial charge in [-0.05, 0) is 24.6 Å². The van der Waals surface area contributed by atoms with Crippen molar-refractivity contribution >= 4 is 11.7 Å². The Bertz CT molecular complexity index is 593. The molecule has 0 saturated heterocycles. The summed E-state index contributed by atoms with van der Waals surface area (Å²) in [7, 11) is 0. The van der Waals surface area contributed by atoms with Crippen molar-refractivity contribution in [3.8, 4) is 11.4 Å². The molecule has 6 nitrogen and oxygen atoms in total. The molecule has 0 amide bonds. The van der Waals surface area contributed by atoms with Gasteiger partial charge in [-0.15, -0.1) is 0 Å². The molecule has 0 aliphatic heterocycles. The third kappa shape index (κ3) is 2.85. The second-order valence-electron chi connectivity index (χ2n) is 4.05. The fourth-order valence-electron chi connectivity index (χ4n) is 1.61. The quantitative estimate of drug-likeness (QED) is 0.803. The van der Waals surface area contributed by atoms with Crippen LogP contribution in [0.15, 0.2) is 30.6 Å². The van der Waals surface area contributed by atoms with Crippen molar-refractivity contribution in [2.75, 3.05) is 12.3 Å². The lowest BCUT2D eigenvalue weighted by Gasteiger charge is -2.05. The lowest BCUT2D eigenvalue weighted by atomic mass is 10.1. The summed E-state index contributed by atoms with van der Waals surface area (Å²) in [5.41, 5.74) is 6.51. The number of aromatic carboxylic acids is 1. The largest absolute Gasteiger partial charge is 0.490 e. The normalized spacial score (nSPS) is 10.4.